The fourth-order valence-electron chi connectivity index (χ4n) is 9.10. The average molecular weight is 1060 g/mol. The molecule has 0 bridgehead atoms. The van der Waals surface area contributed by atoms with E-state index in [4.69, 9.17) is 5.11 Å². The number of carbonyl (C=O) groups excluding carboxylic acids is 3. The fourth-order valence-corrected chi connectivity index (χ4v) is 9.10. The maximum Gasteiger partial charge on any atom is 0.376 e. The summed E-state index contributed by atoms with van der Waals surface area (Å²) in [6.45, 7) is 12.5. The standard InChI is InChI=1S/C51H109B4N7O12/c1-52(71)59-37-27-29-39-61(54(3)73)41-44(42-62(55(4)74)40-30-28-38-60-53(2)72)31-21-17-20-25-35-57-47(66)33-23-15-11-7-5-9-13-18-24-34-56-46(65)32-22-16-12-8-6-10-14-19-26-36-58-51(70)50(69)49(68)48(67)45(64)43-63/h44-45,48-50,59-60,63-64,67-69,71-74H,5-43H2,1-4H3,(H,56,65)(H,57,66)(H,58,70)/t45-,48-,49+,50-/m1/s1. The number of hydrogen-bond donors (Lipinski definition) is 14. The number of carbonyl (C=O) groups is 3. The molecular weight excluding hydrogens is 946 g/mol. The minimum absolute atomic E-state index is 0.135. The number of aliphatic hydroxyl groups is 5. The van der Waals surface area contributed by atoms with Crippen LogP contribution in [0.4, 0.5) is 0 Å². The molecule has 0 spiro atoms. The van der Waals surface area contributed by atoms with E-state index in [-0.39, 0.29) is 17.7 Å². The highest BCUT2D eigenvalue weighted by atomic mass is 16.4. The second kappa shape index (κ2) is 49.4. The lowest BCUT2D eigenvalue weighted by molar-refractivity contribution is -0.148. The zero-order valence-electron chi connectivity index (χ0n) is 46.9. The molecule has 0 saturated carbocycles. The number of rotatable bonds is 54. The van der Waals surface area contributed by atoms with Crippen LogP contribution >= 0.6 is 0 Å². The van der Waals surface area contributed by atoms with Gasteiger partial charge in [0.2, 0.25) is 11.8 Å². The summed E-state index contributed by atoms with van der Waals surface area (Å²) in [6.07, 6.45) is 21.6. The highest BCUT2D eigenvalue weighted by Gasteiger charge is 2.34. The Bertz CT molecular complexity index is 1300. The van der Waals surface area contributed by atoms with Crippen molar-refractivity contribution in [1.29, 1.82) is 0 Å². The summed E-state index contributed by atoms with van der Waals surface area (Å²) in [5.41, 5.74) is 0. The number of amides is 3. The molecule has 4 atom stereocenters. The van der Waals surface area contributed by atoms with Crippen molar-refractivity contribution in [2.75, 3.05) is 65.5 Å². The maximum atomic E-state index is 12.5. The third kappa shape index (κ3) is 43.2. The second-order valence-electron chi connectivity index (χ2n) is 21.0. The van der Waals surface area contributed by atoms with E-state index in [1.807, 2.05) is 13.6 Å². The minimum atomic E-state index is -1.90. The van der Waals surface area contributed by atoms with E-state index in [0.29, 0.717) is 32.4 Å². The van der Waals surface area contributed by atoms with Crippen molar-refractivity contribution in [1.82, 2.24) is 36.0 Å². The lowest BCUT2D eigenvalue weighted by atomic mass is 9.80. The monoisotopic (exact) mass is 1060 g/mol. The summed E-state index contributed by atoms with van der Waals surface area (Å²) in [5, 5.41) is 103. The third-order valence-electron chi connectivity index (χ3n) is 13.8. The Hall–Kier alpha value is -1.85. The molecule has 0 aliphatic heterocycles. The molecule has 0 unspecified atom stereocenters. The van der Waals surface area contributed by atoms with Crippen LogP contribution < -0.4 is 26.4 Å². The van der Waals surface area contributed by atoms with Crippen LogP contribution in [0, 0.1) is 5.92 Å². The van der Waals surface area contributed by atoms with Crippen LogP contribution in [0.2, 0.25) is 27.3 Å². The van der Waals surface area contributed by atoms with E-state index in [1.54, 1.807) is 13.6 Å². The van der Waals surface area contributed by atoms with Gasteiger partial charge in [0, 0.05) is 32.5 Å². The first-order valence-electron chi connectivity index (χ1n) is 29.3. The Kier molecular flexibility index (Phi) is 48.2. The highest BCUT2D eigenvalue weighted by molar-refractivity contribution is 6.46. The summed E-state index contributed by atoms with van der Waals surface area (Å²) in [6, 6.07) is 0. The highest BCUT2D eigenvalue weighted by Crippen LogP contribution is 2.18. The molecule has 14 N–H and O–H groups in total. The average Bonchev–Trinajstić information content (AvgIpc) is 3.36. The second-order valence-corrected chi connectivity index (χ2v) is 21.0. The molecule has 0 aromatic heterocycles. The summed E-state index contributed by atoms with van der Waals surface area (Å²) in [4.78, 5) is 40.9. The molecule has 74 heavy (non-hydrogen) atoms. The van der Waals surface area contributed by atoms with Gasteiger partial charge < -0.3 is 81.7 Å². The molecule has 0 saturated heterocycles. The van der Waals surface area contributed by atoms with Crippen LogP contribution in [-0.2, 0) is 14.4 Å². The van der Waals surface area contributed by atoms with Crippen LogP contribution in [0.5, 0.6) is 0 Å². The number of aliphatic hydroxyl groups excluding tert-OH is 5. The molecule has 0 radical (unpaired) electrons. The smallest absolute Gasteiger partial charge is 0.376 e. The molecule has 0 rings (SSSR count). The quantitative estimate of drug-likeness (QED) is 0.0308. The molecule has 0 heterocycles. The van der Waals surface area contributed by atoms with E-state index in [2.05, 4.69) is 36.0 Å². The van der Waals surface area contributed by atoms with E-state index in [9.17, 15) is 54.9 Å². The van der Waals surface area contributed by atoms with Crippen LogP contribution in [0.3, 0.4) is 0 Å². The first kappa shape index (κ1) is 72.1. The van der Waals surface area contributed by atoms with E-state index >= 15 is 0 Å². The van der Waals surface area contributed by atoms with Gasteiger partial charge in [0.25, 0.3) is 5.91 Å². The van der Waals surface area contributed by atoms with Gasteiger partial charge in [0.05, 0.1) is 6.61 Å². The Morgan fingerprint density at radius 2 is 0.770 bits per heavy atom. The SMILES string of the molecule is CB(O)NCCCCN(CC(CCCCCCNC(=O)CCCCCCCCCCCNC(=O)CCCCCCCCCCCNC(=O)[C@H](O)[C@@H](O)[C@H](O)[C@H](O)CO)CN(CCCCNB(C)O)B(C)O)B(C)O. The van der Waals surface area contributed by atoms with E-state index in [0.717, 1.165) is 187 Å². The van der Waals surface area contributed by atoms with Crippen LogP contribution in [0.1, 0.15) is 186 Å². The summed E-state index contributed by atoms with van der Waals surface area (Å²) in [7, 11) is -2.23. The Morgan fingerprint density at radius 3 is 1.14 bits per heavy atom. The van der Waals surface area contributed by atoms with Crippen molar-refractivity contribution in [3.63, 3.8) is 0 Å². The number of hydrogen-bond acceptors (Lipinski definition) is 16. The van der Waals surface area contributed by atoms with Crippen molar-refractivity contribution in [2.45, 2.75) is 238 Å². The third-order valence-corrected chi connectivity index (χ3v) is 13.8. The zero-order valence-corrected chi connectivity index (χ0v) is 46.9. The van der Waals surface area contributed by atoms with Gasteiger partial charge in [-0.3, -0.25) is 14.4 Å². The predicted octanol–water partition coefficient (Wildman–Crippen LogP) is 2.92. The molecule has 3 amide bonds. The molecule has 0 aromatic rings. The van der Waals surface area contributed by atoms with Gasteiger partial charge in [-0.05, 0) is 137 Å². The largest absolute Gasteiger partial charge is 0.437 e. The maximum absolute atomic E-state index is 12.5. The zero-order chi connectivity index (χ0) is 55.2. The van der Waals surface area contributed by atoms with Gasteiger partial charge in [0.1, 0.15) is 18.3 Å². The molecule has 0 aliphatic rings. The van der Waals surface area contributed by atoms with Crippen molar-refractivity contribution in [2.24, 2.45) is 5.92 Å². The van der Waals surface area contributed by atoms with Crippen LogP contribution in [0.15, 0.2) is 0 Å². The molecule has 432 valence electrons. The number of nitrogens with one attached hydrogen (secondary N) is 5. The molecule has 0 fully saturated rings. The van der Waals surface area contributed by atoms with Crippen molar-refractivity contribution >= 4 is 45.9 Å². The first-order chi connectivity index (χ1) is 35.5. The molecule has 0 aliphatic carbocycles. The topological polar surface area (TPSA) is 300 Å². The Balaban J connectivity index is 3.99. The predicted molar refractivity (Wildman–Crippen MR) is 302 cm³/mol. The first-order valence-corrected chi connectivity index (χ1v) is 29.3. The normalized spacial score (nSPS) is 13.3. The molecule has 23 heteroatoms. The van der Waals surface area contributed by atoms with Crippen LogP contribution in [0.25, 0.3) is 0 Å². The number of nitrogens with zero attached hydrogens (tertiary/aromatic N) is 2. The summed E-state index contributed by atoms with van der Waals surface area (Å²) >= 11 is 0. The van der Waals surface area contributed by atoms with Gasteiger partial charge >= 0.3 is 28.2 Å². The van der Waals surface area contributed by atoms with Crippen molar-refractivity contribution in [3.8, 4) is 0 Å². The Morgan fingerprint density at radius 1 is 0.432 bits per heavy atom. The lowest BCUT2D eigenvalue weighted by Gasteiger charge is -2.33. The molecule has 0 aromatic carbocycles. The van der Waals surface area contributed by atoms with Gasteiger partial charge in [0.15, 0.2) is 6.10 Å². The van der Waals surface area contributed by atoms with Gasteiger partial charge in [-0.25, -0.2) is 0 Å². The lowest BCUT2D eigenvalue weighted by Crippen LogP contribution is -2.51. The molecule has 19 nitrogen and oxygen atoms in total. The summed E-state index contributed by atoms with van der Waals surface area (Å²) < 4.78 is 0. The van der Waals surface area contributed by atoms with Crippen molar-refractivity contribution in [3.05, 3.63) is 0 Å². The van der Waals surface area contributed by atoms with Gasteiger partial charge in [-0.1, -0.05) is 109 Å². The van der Waals surface area contributed by atoms with Gasteiger partial charge in [-0.2, -0.15) is 0 Å². The fraction of sp³-hybridized carbons (Fsp3) is 0.941. The summed E-state index contributed by atoms with van der Waals surface area (Å²) in [5.74, 6) is -0.293. The minimum Gasteiger partial charge on any atom is -0.437 e. The Labute approximate surface area is 449 Å². The van der Waals surface area contributed by atoms with E-state index in [1.165, 1.54) is 25.7 Å². The molecular formula is C51H109B4N7O12. The van der Waals surface area contributed by atoms with E-state index < -0.39 is 65.1 Å². The van der Waals surface area contributed by atoms with Gasteiger partial charge in [-0.15, -0.1) is 0 Å². The van der Waals surface area contributed by atoms with Crippen LogP contribution in [-0.4, -0.2) is 191 Å². The number of unbranched alkanes of at least 4 members (excludes halogenated alkanes) is 21. The van der Waals surface area contributed by atoms with Crippen molar-refractivity contribution < 1.29 is 60.0 Å².